The van der Waals surface area contributed by atoms with Gasteiger partial charge in [0.15, 0.2) is 5.75 Å². The van der Waals surface area contributed by atoms with Gasteiger partial charge in [-0.1, -0.05) is 47.5 Å². The number of ether oxygens (including phenoxy) is 1. The third-order valence-electron chi connectivity index (χ3n) is 5.42. The summed E-state index contributed by atoms with van der Waals surface area (Å²) in [4.78, 5) is 12.8. The van der Waals surface area contributed by atoms with Gasteiger partial charge >= 0.3 is 0 Å². The summed E-state index contributed by atoms with van der Waals surface area (Å²) in [5.41, 5.74) is 0.651. The van der Waals surface area contributed by atoms with Crippen LogP contribution >= 0.6 is 23.2 Å². The van der Waals surface area contributed by atoms with E-state index in [0.29, 0.717) is 32.8 Å². The number of methoxy groups -OCH3 is 1. The molecule has 0 radical (unpaired) electrons. The van der Waals surface area contributed by atoms with Gasteiger partial charge in [0.25, 0.3) is 16.0 Å². The van der Waals surface area contributed by atoms with Crippen LogP contribution in [0, 0.1) is 6.92 Å². The molecule has 190 valence electrons. The first-order valence-electron chi connectivity index (χ1n) is 10.6. The Morgan fingerprint density at radius 1 is 1.00 bits per heavy atom. The minimum absolute atomic E-state index is 0.00404. The standard InChI is InChI=1S/C25H19Cl2N3O6S/c1-13-9-16(37(33,34)35)12-19(27)22(13)29-30-23-17-6-4-3-5-14(17)10-18(24(23)31)25(32)28-20-11-15(26)7-8-21(20)36-2/h3-12,31H,1-2H3,(H,28,32)(H,33,34,35). The third kappa shape index (κ3) is 5.52. The van der Waals surface area contributed by atoms with Gasteiger partial charge in [-0.3, -0.25) is 9.35 Å². The van der Waals surface area contributed by atoms with Crippen molar-refractivity contribution in [2.24, 2.45) is 10.2 Å². The van der Waals surface area contributed by atoms with E-state index in [1.807, 2.05) is 0 Å². The van der Waals surface area contributed by atoms with Crippen LogP contribution in [-0.4, -0.2) is 31.1 Å². The smallest absolute Gasteiger partial charge is 0.294 e. The third-order valence-corrected chi connectivity index (χ3v) is 6.78. The highest BCUT2D eigenvalue weighted by Gasteiger charge is 2.20. The summed E-state index contributed by atoms with van der Waals surface area (Å²) in [7, 11) is -3.03. The van der Waals surface area contributed by atoms with Crippen LogP contribution in [0.3, 0.4) is 0 Å². The number of azo groups is 1. The van der Waals surface area contributed by atoms with Crippen molar-refractivity contribution >= 4 is 67.1 Å². The Morgan fingerprint density at radius 3 is 2.38 bits per heavy atom. The zero-order valence-electron chi connectivity index (χ0n) is 19.4. The summed E-state index contributed by atoms with van der Waals surface area (Å²) < 4.78 is 37.5. The van der Waals surface area contributed by atoms with Gasteiger partial charge in [0, 0.05) is 10.4 Å². The molecule has 0 aliphatic rings. The molecular weight excluding hydrogens is 541 g/mol. The Kier molecular flexibility index (Phi) is 7.37. The van der Waals surface area contributed by atoms with Crippen molar-refractivity contribution in [2.75, 3.05) is 12.4 Å². The lowest BCUT2D eigenvalue weighted by Gasteiger charge is -2.13. The molecule has 4 aromatic carbocycles. The van der Waals surface area contributed by atoms with Crippen molar-refractivity contribution in [3.05, 3.63) is 81.8 Å². The van der Waals surface area contributed by atoms with Gasteiger partial charge in [-0.05, 0) is 54.3 Å². The van der Waals surface area contributed by atoms with Crippen LogP contribution in [-0.2, 0) is 10.1 Å². The molecule has 12 heteroatoms. The summed E-state index contributed by atoms with van der Waals surface area (Å²) in [6, 6.07) is 15.4. The van der Waals surface area contributed by atoms with E-state index in [9.17, 15) is 22.9 Å². The molecule has 0 aliphatic heterocycles. The molecule has 0 saturated carbocycles. The van der Waals surface area contributed by atoms with E-state index in [-0.39, 0.29) is 22.0 Å². The number of anilines is 1. The Morgan fingerprint density at radius 2 is 1.70 bits per heavy atom. The lowest BCUT2D eigenvalue weighted by molar-refractivity contribution is 0.102. The number of carbonyl (C=O) groups is 1. The minimum Gasteiger partial charge on any atom is -0.505 e. The number of carbonyl (C=O) groups excluding carboxylic acids is 1. The molecule has 4 rings (SSSR count). The Bertz CT molecular complexity index is 1670. The molecule has 0 spiro atoms. The molecule has 0 unspecified atom stereocenters. The highest BCUT2D eigenvalue weighted by Crippen LogP contribution is 2.41. The molecule has 0 bridgehead atoms. The molecule has 0 aliphatic carbocycles. The van der Waals surface area contributed by atoms with E-state index in [1.165, 1.54) is 32.2 Å². The molecule has 3 N–H and O–H groups in total. The molecule has 9 nitrogen and oxygen atoms in total. The first-order valence-corrected chi connectivity index (χ1v) is 12.8. The number of halogens is 2. The van der Waals surface area contributed by atoms with Gasteiger partial charge in [0.05, 0.1) is 28.3 Å². The lowest BCUT2D eigenvalue weighted by Crippen LogP contribution is -2.13. The second kappa shape index (κ2) is 10.3. The predicted octanol–water partition coefficient (Wildman–Crippen LogP) is 7.08. The molecule has 0 atom stereocenters. The van der Waals surface area contributed by atoms with E-state index in [0.717, 1.165) is 6.07 Å². The number of amides is 1. The number of phenolic OH excluding ortho intramolecular Hbond substituents is 1. The topological polar surface area (TPSA) is 138 Å². The number of fused-ring (bicyclic) bond motifs is 1. The molecular formula is C25H19Cl2N3O6S. The van der Waals surface area contributed by atoms with E-state index in [1.54, 1.807) is 36.4 Å². The quantitative estimate of drug-likeness (QED) is 0.170. The van der Waals surface area contributed by atoms with E-state index in [4.69, 9.17) is 27.9 Å². The SMILES string of the molecule is COc1ccc(Cl)cc1NC(=O)c1cc2ccccc2c(N=Nc2c(C)cc(S(=O)(=O)O)cc2Cl)c1O. The summed E-state index contributed by atoms with van der Waals surface area (Å²) >= 11 is 12.3. The molecule has 0 heterocycles. The number of nitrogens with one attached hydrogen (secondary N) is 1. The predicted molar refractivity (Wildman–Crippen MR) is 142 cm³/mol. The Labute approximate surface area is 222 Å². The second-order valence-electron chi connectivity index (χ2n) is 7.89. The van der Waals surface area contributed by atoms with Crippen molar-refractivity contribution in [1.29, 1.82) is 0 Å². The zero-order valence-corrected chi connectivity index (χ0v) is 21.7. The van der Waals surface area contributed by atoms with Crippen molar-refractivity contribution < 1.29 is 27.6 Å². The number of nitrogens with zero attached hydrogens (tertiary/aromatic N) is 2. The van der Waals surface area contributed by atoms with Gasteiger partial charge in [0.1, 0.15) is 17.1 Å². The molecule has 4 aromatic rings. The molecule has 0 fully saturated rings. The average Bonchev–Trinajstić information content (AvgIpc) is 2.83. The molecule has 0 aromatic heterocycles. The van der Waals surface area contributed by atoms with Crippen molar-refractivity contribution in [3.8, 4) is 11.5 Å². The van der Waals surface area contributed by atoms with Gasteiger partial charge < -0.3 is 15.2 Å². The van der Waals surface area contributed by atoms with Crippen LogP contribution in [0.25, 0.3) is 10.8 Å². The number of hydrogen-bond donors (Lipinski definition) is 3. The average molecular weight is 560 g/mol. The Balaban J connectivity index is 1.81. The van der Waals surface area contributed by atoms with Gasteiger partial charge in [-0.25, -0.2) is 0 Å². The zero-order chi connectivity index (χ0) is 26.9. The van der Waals surface area contributed by atoms with E-state index >= 15 is 0 Å². The lowest BCUT2D eigenvalue weighted by atomic mass is 10.0. The maximum Gasteiger partial charge on any atom is 0.294 e. The van der Waals surface area contributed by atoms with Crippen molar-refractivity contribution in [3.63, 3.8) is 0 Å². The summed E-state index contributed by atoms with van der Waals surface area (Å²) in [5.74, 6) is -0.715. The number of hydrogen-bond acceptors (Lipinski definition) is 7. The number of rotatable bonds is 6. The highest BCUT2D eigenvalue weighted by atomic mass is 35.5. The van der Waals surface area contributed by atoms with Gasteiger partial charge in [-0.2, -0.15) is 8.42 Å². The fourth-order valence-electron chi connectivity index (χ4n) is 3.64. The molecule has 37 heavy (non-hydrogen) atoms. The summed E-state index contributed by atoms with van der Waals surface area (Å²) in [6.07, 6.45) is 0. The van der Waals surface area contributed by atoms with Crippen LogP contribution < -0.4 is 10.1 Å². The van der Waals surface area contributed by atoms with Crippen LogP contribution in [0.2, 0.25) is 10.0 Å². The summed E-state index contributed by atoms with van der Waals surface area (Å²) in [6.45, 7) is 1.54. The molecule has 1 amide bonds. The van der Waals surface area contributed by atoms with Crippen LogP contribution in [0.1, 0.15) is 15.9 Å². The van der Waals surface area contributed by atoms with Gasteiger partial charge in [0.2, 0.25) is 0 Å². The van der Waals surface area contributed by atoms with Gasteiger partial charge in [-0.15, -0.1) is 10.2 Å². The van der Waals surface area contributed by atoms with Crippen molar-refractivity contribution in [1.82, 2.24) is 0 Å². The van der Waals surface area contributed by atoms with Crippen molar-refractivity contribution in [2.45, 2.75) is 11.8 Å². The minimum atomic E-state index is -4.47. The fourth-order valence-corrected chi connectivity index (χ4v) is 4.77. The monoisotopic (exact) mass is 559 g/mol. The highest BCUT2D eigenvalue weighted by molar-refractivity contribution is 7.85. The Hall–Kier alpha value is -3.70. The number of aromatic hydroxyl groups is 1. The second-order valence-corrected chi connectivity index (χ2v) is 10.2. The largest absolute Gasteiger partial charge is 0.505 e. The van der Waals surface area contributed by atoms with E-state index < -0.39 is 26.7 Å². The number of phenols is 1. The summed E-state index contributed by atoms with van der Waals surface area (Å²) in [5, 5.41) is 23.4. The maximum atomic E-state index is 13.2. The first-order chi connectivity index (χ1) is 17.5. The number of benzene rings is 4. The van der Waals surface area contributed by atoms with Crippen LogP contribution in [0.4, 0.5) is 17.1 Å². The van der Waals surface area contributed by atoms with Crippen LogP contribution in [0.15, 0.2) is 75.8 Å². The van der Waals surface area contributed by atoms with Crippen LogP contribution in [0.5, 0.6) is 11.5 Å². The van der Waals surface area contributed by atoms with E-state index in [2.05, 4.69) is 15.5 Å². The maximum absolute atomic E-state index is 13.2. The first kappa shape index (κ1) is 26.4. The fraction of sp³-hybridized carbons (Fsp3) is 0.0800. The normalized spacial score (nSPS) is 11.7. The number of aryl methyl sites for hydroxylation is 1. The molecule has 0 saturated heterocycles.